The summed E-state index contributed by atoms with van der Waals surface area (Å²) >= 11 is 1.32. The fourth-order valence-corrected chi connectivity index (χ4v) is 2.53. The average molecular weight is 232 g/mol. The fourth-order valence-electron chi connectivity index (χ4n) is 1.60. The van der Waals surface area contributed by atoms with Gasteiger partial charge in [-0.2, -0.15) is 0 Å². The van der Waals surface area contributed by atoms with E-state index in [0.29, 0.717) is 4.88 Å². The monoisotopic (exact) mass is 232 g/mol. The third kappa shape index (κ3) is 1.99. The highest BCUT2D eigenvalue weighted by Gasteiger charge is 2.09. The maximum Gasteiger partial charge on any atom is 0.345 e. The van der Waals surface area contributed by atoms with Crippen molar-refractivity contribution in [3.8, 4) is 10.4 Å². The molecule has 1 aromatic carbocycles. The summed E-state index contributed by atoms with van der Waals surface area (Å²) in [6, 6.07) is 9.74. The van der Waals surface area contributed by atoms with Crippen molar-refractivity contribution in [1.29, 1.82) is 0 Å². The average Bonchev–Trinajstić information content (AvgIpc) is 2.70. The number of rotatable bonds is 2. The van der Waals surface area contributed by atoms with Crippen molar-refractivity contribution in [1.82, 2.24) is 0 Å². The second-order valence-corrected chi connectivity index (χ2v) is 4.87. The predicted octanol–water partition coefficient (Wildman–Crippen LogP) is 3.73. The van der Waals surface area contributed by atoms with Crippen molar-refractivity contribution in [3.63, 3.8) is 0 Å². The van der Waals surface area contributed by atoms with Crippen molar-refractivity contribution in [2.75, 3.05) is 0 Å². The Hall–Kier alpha value is -1.61. The normalized spacial score (nSPS) is 10.4. The van der Waals surface area contributed by atoms with E-state index in [1.165, 1.54) is 22.5 Å². The van der Waals surface area contributed by atoms with E-state index < -0.39 is 5.97 Å². The molecule has 1 heterocycles. The highest BCUT2D eigenvalue weighted by molar-refractivity contribution is 7.17. The van der Waals surface area contributed by atoms with Gasteiger partial charge in [0, 0.05) is 4.88 Å². The van der Waals surface area contributed by atoms with E-state index in [2.05, 4.69) is 18.2 Å². The summed E-state index contributed by atoms with van der Waals surface area (Å²) < 4.78 is 0. The van der Waals surface area contributed by atoms with Crippen LogP contribution >= 0.6 is 11.3 Å². The molecule has 2 nitrogen and oxygen atoms in total. The Morgan fingerprint density at radius 1 is 1.19 bits per heavy atom. The summed E-state index contributed by atoms with van der Waals surface area (Å²) in [6.45, 7) is 4.07. The minimum Gasteiger partial charge on any atom is -0.477 e. The van der Waals surface area contributed by atoms with Gasteiger partial charge in [0.15, 0.2) is 0 Å². The Bertz CT molecular complexity index is 541. The molecule has 0 fully saturated rings. The van der Waals surface area contributed by atoms with Crippen LogP contribution < -0.4 is 0 Å². The van der Waals surface area contributed by atoms with Crippen molar-refractivity contribution in [2.24, 2.45) is 0 Å². The number of aryl methyl sites for hydroxylation is 2. The first-order chi connectivity index (χ1) is 7.58. The third-order valence-corrected chi connectivity index (χ3v) is 3.58. The van der Waals surface area contributed by atoms with Crippen LogP contribution in [0.15, 0.2) is 30.3 Å². The van der Waals surface area contributed by atoms with E-state index >= 15 is 0 Å². The van der Waals surface area contributed by atoms with Gasteiger partial charge in [0.2, 0.25) is 0 Å². The number of aromatic carboxylic acids is 1. The number of benzene rings is 1. The number of hydrogen-bond acceptors (Lipinski definition) is 2. The minimum atomic E-state index is -0.860. The summed E-state index contributed by atoms with van der Waals surface area (Å²) in [5, 5.41) is 8.88. The van der Waals surface area contributed by atoms with Crippen molar-refractivity contribution in [2.45, 2.75) is 13.8 Å². The van der Waals surface area contributed by atoms with Gasteiger partial charge in [0.1, 0.15) is 4.88 Å². The topological polar surface area (TPSA) is 37.3 Å². The Morgan fingerprint density at radius 2 is 1.94 bits per heavy atom. The van der Waals surface area contributed by atoms with Crippen LogP contribution in [0.4, 0.5) is 0 Å². The number of hydrogen-bond donors (Lipinski definition) is 1. The van der Waals surface area contributed by atoms with Gasteiger partial charge >= 0.3 is 5.97 Å². The molecule has 1 aromatic heterocycles. The standard InChI is InChI=1S/C13H12O2S/c1-8-3-4-9(2)10(7-8)11-5-6-12(16-11)13(14)15/h3-7H,1-2H3,(H,14,15). The molecule has 0 unspecified atom stereocenters. The second-order valence-electron chi connectivity index (χ2n) is 3.79. The molecule has 0 atom stereocenters. The van der Waals surface area contributed by atoms with E-state index in [9.17, 15) is 4.79 Å². The predicted molar refractivity (Wildman–Crippen MR) is 66.2 cm³/mol. The molecule has 0 spiro atoms. The zero-order valence-corrected chi connectivity index (χ0v) is 9.97. The lowest BCUT2D eigenvalue weighted by Gasteiger charge is -2.04. The van der Waals surface area contributed by atoms with Crippen molar-refractivity contribution >= 4 is 17.3 Å². The molecular weight excluding hydrogens is 220 g/mol. The maximum atomic E-state index is 10.8. The van der Waals surface area contributed by atoms with Crippen LogP contribution in [0, 0.1) is 13.8 Å². The van der Waals surface area contributed by atoms with Crippen molar-refractivity contribution in [3.05, 3.63) is 46.3 Å². The summed E-state index contributed by atoms with van der Waals surface area (Å²) in [4.78, 5) is 12.2. The lowest BCUT2D eigenvalue weighted by Crippen LogP contribution is -1.89. The molecule has 0 radical (unpaired) electrons. The van der Waals surface area contributed by atoms with E-state index in [0.717, 1.165) is 10.4 Å². The zero-order chi connectivity index (χ0) is 11.7. The summed E-state index contributed by atoms with van der Waals surface area (Å²) in [7, 11) is 0. The largest absolute Gasteiger partial charge is 0.477 e. The molecule has 2 aromatic rings. The fraction of sp³-hybridized carbons (Fsp3) is 0.154. The number of thiophene rings is 1. The Morgan fingerprint density at radius 3 is 2.56 bits per heavy atom. The molecule has 0 amide bonds. The van der Waals surface area contributed by atoms with E-state index in [4.69, 9.17) is 5.11 Å². The second kappa shape index (κ2) is 4.10. The Kier molecular flexibility index (Phi) is 2.79. The zero-order valence-electron chi connectivity index (χ0n) is 9.15. The van der Waals surface area contributed by atoms with Crippen molar-refractivity contribution < 1.29 is 9.90 Å². The number of carboxylic acid groups (broad SMARTS) is 1. The van der Waals surface area contributed by atoms with Crippen LogP contribution in [0.25, 0.3) is 10.4 Å². The van der Waals surface area contributed by atoms with Crippen LogP contribution in [-0.4, -0.2) is 11.1 Å². The minimum absolute atomic E-state index is 0.385. The molecule has 1 N–H and O–H groups in total. The molecule has 82 valence electrons. The van der Waals surface area contributed by atoms with Gasteiger partial charge in [-0.15, -0.1) is 11.3 Å². The van der Waals surface area contributed by atoms with Crippen LogP contribution in [0.3, 0.4) is 0 Å². The molecular formula is C13H12O2S. The van der Waals surface area contributed by atoms with Gasteiger partial charge in [0.25, 0.3) is 0 Å². The van der Waals surface area contributed by atoms with Crippen LogP contribution in [0.5, 0.6) is 0 Å². The lowest BCUT2D eigenvalue weighted by molar-refractivity contribution is 0.0702. The van der Waals surface area contributed by atoms with E-state index in [-0.39, 0.29) is 0 Å². The Labute approximate surface area is 98.2 Å². The highest BCUT2D eigenvalue weighted by Crippen LogP contribution is 2.31. The molecule has 0 aliphatic rings. The third-order valence-electron chi connectivity index (χ3n) is 2.48. The quantitative estimate of drug-likeness (QED) is 0.856. The maximum absolute atomic E-state index is 10.8. The Balaban J connectivity index is 2.50. The molecule has 0 bridgehead atoms. The highest BCUT2D eigenvalue weighted by atomic mass is 32.1. The number of carbonyl (C=O) groups is 1. The van der Waals surface area contributed by atoms with Gasteiger partial charge < -0.3 is 5.11 Å². The van der Waals surface area contributed by atoms with E-state index in [1.807, 2.05) is 19.9 Å². The van der Waals surface area contributed by atoms with Gasteiger partial charge in [-0.05, 0) is 37.1 Å². The first kappa shape index (κ1) is 10.9. The van der Waals surface area contributed by atoms with Gasteiger partial charge in [0.05, 0.1) is 0 Å². The van der Waals surface area contributed by atoms with Gasteiger partial charge in [-0.1, -0.05) is 23.8 Å². The summed E-state index contributed by atoms with van der Waals surface area (Å²) in [5.74, 6) is -0.860. The number of carboxylic acids is 1. The lowest BCUT2D eigenvalue weighted by atomic mass is 10.0. The SMILES string of the molecule is Cc1ccc(C)c(-c2ccc(C(=O)O)s2)c1. The van der Waals surface area contributed by atoms with Crippen LogP contribution in [0.2, 0.25) is 0 Å². The molecule has 0 saturated heterocycles. The van der Waals surface area contributed by atoms with Crippen LogP contribution in [0.1, 0.15) is 20.8 Å². The van der Waals surface area contributed by atoms with Gasteiger partial charge in [-0.3, -0.25) is 0 Å². The van der Waals surface area contributed by atoms with E-state index in [1.54, 1.807) is 6.07 Å². The molecule has 16 heavy (non-hydrogen) atoms. The smallest absolute Gasteiger partial charge is 0.345 e. The summed E-state index contributed by atoms with van der Waals surface area (Å²) in [6.07, 6.45) is 0. The van der Waals surface area contributed by atoms with Crippen LogP contribution in [-0.2, 0) is 0 Å². The molecule has 0 aliphatic carbocycles. The molecule has 3 heteroatoms. The molecule has 2 rings (SSSR count). The summed E-state index contributed by atoms with van der Waals surface area (Å²) in [5.41, 5.74) is 3.48. The van der Waals surface area contributed by atoms with Gasteiger partial charge in [-0.25, -0.2) is 4.79 Å². The molecule has 0 saturated carbocycles. The first-order valence-electron chi connectivity index (χ1n) is 4.98. The first-order valence-corrected chi connectivity index (χ1v) is 5.80. The molecule has 0 aliphatic heterocycles.